The van der Waals surface area contributed by atoms with Crippen LogP contribution in [0.3, 0.4) is 0 Å². The number of nitrogens with zero attached hydrogens (tertiary/aromatic N) is 1. The molecule has 4 aromatic rings. The number of halogens is 3. The predicted molar refractivity (Wildman–Crippen MR) is 118 cm³/mol. The number of alkyl halides is 3. The Balaban J connectivity index is 1.50. The van der Waals surface area contributed by atoms with Gasteiger partial charge in [0, 0.05) is 23.5 Å². The summed E-state index contributed by atoms with van der Waals surface area (Å²) < 4.78 is 38.4. The number of aromatic amines is 1. The van der Waals surface area contributed by atoms with Crippen molar-refractivity contribution in [3.63, 3.8) is 0 Å². The van der Waals surface area contributed by atoms with Crippen LogP contribution in [0, 0.1) is 0 Å². The fourth-order valence-corrected chi connectivity index (χ4v) is 3.47. The number of rotatable bonds is 5. The SMILES string of the molecule is CNC(=O)c1cc2c(-c3ccc(C(=O)NCc4cccc(C(F)(F)F)n4)cc3)cccc2[nH]1. The summed E-state index contributed by atoms with van der Waals surface area (Å²) in [5.41, 5.74) is 2.45. The largest absolute Gasteiger partial charge is 0.433 e. The maximum atomic E-state index is 12.8. The topological polar surface area (TPSA) is 86.9 Å². The molecule has 2 aromatic carbocycles. The van der Waals surface area contributed by atoms with Crippen LogP contribution in [-0.4, -0.2) is 28.8 Å². The predicted octanol–water partition coefficient (Wildman–Crippen LogP) is 4.54. The van der Waals surface area contributed by atoms with E-state index in [0.29, 0.717) is 11.3 Å². The fraction of sp³-hybridized carbons (Fsp3) is 0.125. The second-order valence-corrected chi connectivity index (χ2v) is 7.30. The summed E-state index contributed by atoms with van der Waals surface area (Å²) in [7, 11) is 1.56. The lowest BCUT2D eigenvalue weighted by Gasteiger charge is -2.09. The Hall–Kier alpha value is -4.14. The van der Waals surface area contributed by atoms with Crippen LogP contribution in [-0.2, 0) is 12.7 Å². The summed E-state index contributed by atoms with van der Waals surface area (Å²) in [6.07, 6.45) is -4.54. The molecule has 0 saturated heterocycles. The third-order valence-corrected chi connectivity index (χ3v) is 5.12. The first-order chi connectivity index (χ1) is 15.8. The summed E-state index contributed by atoms with van der Waals surface area (Å²) in [4.78, 5) is 31.0. The van der Waals surface area contributed by atoms with Gasteiger partial charge in [0.15, 0.2) is 0 Å². The van der Waals surface area contributed by atoms with Gasteiger partial charge >= 0.3 is 6.18 Å². The lowest BCUT2D eigenvalue weighted by Crippen LogP contribution is -2.23. The van der Waals surface area contributed by atoms with E-state index >= 15 is 0 Å². The maximum Gasteiger partial charge on any atom is 0.433 e. The van der Waals surface area contributed by atoms with Crippen molar-refractivity contribution in [1.82, 2.24) is 20.6 Å². The van der Waals surface area contributed by atoms with E-state index in [2.05, 4.69) is 20.6 Å². The van der Waals surface area contributed by atoms with Crippen LogP contribution in [0.5, 0.6) is 0 Å². The Bertz CT molecular complexity index is 1330. The number of hydrogen-bond acceptors (Lipinski definition) is 3. The molecule has 0 aliphatic carbocycles. The minimum absolute atomic E-state index is 0.112. The van der Waals surface area contributed by atoms with Gasteiger partial charge in [-0.3, -0.25) is 9.59 Å². The highest BCUT2D eigenvalue weighted by Gasteiger charge is 2.32. The molecule has 9 heteroatoms. The number of benzene rings is 2. The number of fused-ring (bicyclic) bond motifs is 1. The van der Waals surface area contributed by atoms with E-state index in [-0.39, 0.29) is 18.1 Å². The summed E-state index contributed by atoms with van der Waals surface area (Å²) in [6.45, 7) is -0.130. The summed E-state index contributed by atoms with van der Waals surface area (Å²) in [6, 6.07) is 17.8. The van der Waals surface area contributed by atoms with Crippen molar-refractivity contribution >= 4 is 22.7 Å². The van der Waals surface area contributed by atoms with Crippen LogP contribution in [0.25, 0.3) is 22.0 Å². The van der Waals surface area contributed by atoms with Crippen LogP contribution in [0.4, 0.5) is 13.2 Å². The molecule has 0 bridgehead atoms. The molecule has 0 saturated carbocycles. The highest BCUT2D eigenvalue weighted by molar-refractivity contribution is 6.03. The van der Waals surface area contributed by atoms with Crippen LogP contribution in [0.2, 0.25) is 0 Å². The number of aromatic nitrogens is 2. The number of carbonyl (C=O) groups is 2. The Morgan fingerprint density at radius 2 is 1.70 bits per heavy atom. The van der Waals surface area contributed by atoms with E-state index in [9.17, 15) is 22.8 Å². The average molecular weight is 452 g/mol. The van der Waals surface area contributed by atoms with E-state index < -0.39 is 17.8 Å². The molecule has 0 unspecified atom stereocenters. The van der Waals surface area contributed by atoms with Gasteiger partial charge in [0.05, 0.1) is 12.2 Å². The van der Waals surface area contributed by atoms with Gasteiger partial charge in [-0.05, 0) is 47.5 Å². The summed E-state index contributed by atoms with van der Waals surface area (Å²) >= 11 is 0. The second-order valence-electron chi connectivity index (χ2n) is 7.30. The number of pyridine rings is 1. The smallest absolute Gasteiger partial charge is 0.354 e. The van der Waals surface area contributed by atoms with Crippen LogP contribution >= 0.6 is 0 Å². The van der Waals surface area contributed by atoms with E-state index in [1.807, 2.05) is 18.2 Å². The minimum Gasteiger partial charge on any atom is -0.354 e. The molecule has 0 fully saturated rings. The number of H-pyrrole nitrogens is 1. The van der Waals surface area contributed by atoms with Crippen LogP contribution in [0.1, 0.15) is 32.2 Å². The third kappa shape index (κ3) is 4.72. The van der Waals surface area contributed by atoms with Crippen molar-refractivity contribution in [2.24, 2.45) is 0 Å². The molecule has 0 spiro atoms. The average Bonchev–Trinajstić information content (AvgIpc) is 3.26. The fourth-order valence-electron chi connectivity index (χ4n) is 3.47. The van der Waals surface area contributed by atoms with Gasteiger partial charge in [-0.2, -0.15) is 13.2 Å². The van der Waals surface area contributed by atoms with E-state index in [1.165, 1.54) is 12.1 Å². The molecular formula is C24H19F3N4O2. The lowest BCUT2D eigenvalue weighted by atomic mass is 10.00. The van der Waals surface area contributed by atoms with Crippen LogP contribution < -0.4 is 10.6 Å². The normalized spacial score (nSPS) is 11.4. The molecule has 6 nitrogen and oxygen atoms in total. The zero-order chi connectivity index (χ0) is 23.6. The third-order valence-electron chi connectivity index (χ3n) is 5.12. The van der Waals surface area contributed by atoms with Crippen molar-refractivity contribution in [3.8, 4) is 11.1 Å². The Morgan fingerprint density at radius 1 is 0.970 bits per heavy atom. The van der Waals surface area contributed by atoms with Crippen molar-refractivity contribution in [2.75, 3.05) is 7.05 Å². The molecule has 0 aliphatic rings. The van der Waals surface area contributed by atoms with Gasteiger partial charge in [-0.15, -0.1) is 0 Å². The van der Waals surface area contributed by atoms with Crippen LogP contribution in [0.15, 0.2) is 66.7 Å². The highest BCUT2D eigenvalue weighted by atomic mass is 19.4. The van der Waals surface area contributed by atoms with E-state index in [1.54, 1.807) is 37.4 Å². The lowest BCUT2D eigenvalue weighted by molar-refractivity contribution is -0.141. The van der Waals surface area contributed by atoms with Crippen molar-refractivity contribution in [1.29, 1.82) is 0 Å². The minimum atomic E-state index is -4.54. The number of nitrogens with one attached hydrogen (secondary N) is 3. The molecule has 4 rings (SSSR count). The molecule has 33 heavy (non-hydrogen) atoms. The van der Waals surface area contributed by atoms with Gasteiger partial charge in [-0.1, -0.05) is 30.3 Å². The molecular weight excluding hydrogens is 433 g/mol. The first kappa shape index (κ1) is 22.1. The summed E-state index contributed by atoms with van der Waals surface area (Å²) in [5, 5.41) is 6.03. The van der Waals surface area contributed by atoms with Gasteiger partial charge in [0.2, 0.25) is 0 Å². The van der Waals surface area contributed by atoms with Gasteiger partial charge in [-0.25, -0.2) is 4.98 Å². The van der Waals surface area contributed by atoms with Gasteiger partial charge < -0.3 is 15.6 Å². The molecule has 0 radical (unpaired) electrons. The molecule has 168 valence electrons. The van der Waals surface area contributed by atoms with E-state index in [4.69, 9.17) is 0 Å². The number of hydrogen-bond donors (Lipinski definition) is 3. The highest BCUT2D eigenvalue weighted by Crippen LogP contribution is 2.30. The monoisotopic (exact) mass is 452 g/mol. The van der Waals surface area contributed by atoms with Gasteiger partial charge in [0.1, 0.15) is 11.4 Å². The van der Waals surface area contributed by atoms with Crippen molar-refractivity contribution in [3.05, 3.63) is 89.4 Å². The zero-order valence-corrected chi connectivity index (χ0v) is 17.5. The molecule has 2 aromatic heterocycles. The standard InChI is InChI=1S/C24H19F3N4O2/c1-28-23(33)20-12-18-17(5-3-6-19(18)31-20)14-8-10-15(11-9-14)22(32)29-13-16-4-2-7-21(30-16)24(25,26)27/h2-12,31H,13H2,1H3,(H,28,33)(H,29,32). The molecule has 2 amide bonds. The molecule has 0 aliphatic heterocycles. The first-order valence-electron chi connectivity index (χ1n) is 10.0. The zero-order valence-electron chi connectivity index (χ0n) is 17.5. The second kappa shape index (κ2) is 8.78. The first-order valence-corrected chi connectivity index (χ1v) is 10.0. The van der Waals surface area contributed by atoms with Crippen molar-refractivity contribution in [2.45, 2.75) is 12.7 Å². The number of carbonyl (C=O) groups excluding carboxylic acids is 2. The molecule has 2 heterocycles. The molecule has 3 N–H and O–H groups in total. The number of amides is 2. The van der Waals surface area contributed by atoms with Gasteiger partial charge in [0.25, 0.3) is 11.8 Å². The van der Waals surface area contributed by atoms with Crippen molar-refractivity contribution < 1.29 is 22.8 Å². The Labute approximate surface area is 186 Å². The molecule has 0 atom stereocenters. The Kier molecular flexibility index (Phi) is 5.87. The summed E-state index contributed by atoms with van der Waals surface area (Å²) in [5.74, 6) is -0.651. The maximum absolute atomic E-state index is 12.8. The Morgan fingerprint density at radius 3 is 2.39 bits per heavy atom. The quantitative estimate of drug-likeness (QED) is 0.416. The van der Waals surface area contributed by atoms with E-state index in [0.717, 1.165) is 28.1 Å².